The Kier molecular flexibility index (Phi) is 4.38. The van der Waals surface area contributed by atoms with E-state index in [-0.39, 0.29) is 5.69 Å². The number of nitro benzene ring substituents is 1. The molecule has 2 rings (SSSR count). The lowest BCUT2D eigenvalue weighted by Gasteiger charge is -2.31. The zero-order valence-corrected chi connectivity index (χ0v) is 11.5. The fourth-order valence-corrected chi connectivity index (χ4v) is 2.47. The number of carbonyl (C=O) groups is 1. The first kappa shape index (κ1) is 14.8. The van der Waals surface area contributed by atoms with Crippen molar-refractivity contribution in [2.24, 2.45) is 0 Å². The van der Waals surface area contributed by atoms with Crippen molar-refractivity contribution in [3.63, 3.8) is 0 Å². The van der Waals surface area contributed by atoms with Crippen LogP contribution in [-0.2, 0) is 0 Å². The van der Waals surface area contributed by atoms with Crippen molar-refractivity contribution in [2.45, 2.75) is 37.6 Å². The molecule has 0 spiro atoms. The molecule has 1 aromatic carbocycles. The van der Waals surface area contributed by atoms with Crippen LogP contribution in [0.15, 0.2) is 24.3 Å². The van der Waals surface area contributed by atoms with E-state index in [9.17, 15) is 20.2 Å². The molecule has 0 atom stereocenters. The van der Waals surface area contributed by atoms with Gasteiger partial charge in [0.15, 0.2) is 0 Å². The van der Waals surface area contributed by atoms with E-state index in [2.05, 4.69) is 16.7 Å². The number of anilines is 1. The highest BCUT2D eigenvalue weighted by Crippen LogP contribution is 2.27. The van der Waals surface area contributed by atoms with Crippen LogP contribution < -0.4 is 10.6 Å². The fourth-order valence-electron chi connectivity index (χ4n) is 2.47. The van der Waals surface area contributed by atoms with Gasteiger partial charge in [-0.1, -0.05) is 19.3 Å². The van der Waals surface area contributed by atoms with E-state index in [0.717, 1.165) is 19.3 Å². The van der Waals surface area contributed by atoms with Crippen LogP contribution in [0.5, 0.6) is 0 Å². The first-order chi connectivity index (χ1) is 10.0. The highest BCUT2D eigenvalue weighted by Gasteiger charge is 2.33. The minimum atomic E-state index is -0.802. The number of carbonyl (C=O) groups excluding carboxylic acids is 1. The van der Waals surface area contributed by atoms with Crippen LogP contribution in [0.2, 0.25) is 0 Å². The van der Waals surface area contributed by atoms with Crippen LogP contribution in [0.25, 0.3) is 0 Å². The molecule has 0 saturated heterocycles. The molecule has 7 nitrogen and oxygen atoms in total. The molecule has 0 heterocycles. The number of hydrogen-bond donors (Lipinski definition) is 2. The van der Waals surface area contributed by atoms with Crippen molar-refractivity contribution in [3.8, 4) is 6.07 Å². The van der Waals surface area contributed by atoms with E-state index in [1.54, 1.807) is 0 Å². The average Bonchev–Trinajstić information content (AvgIpc) is 2.48. The Morgan fingerprint density at radius 2 is 1.86 bits per heavy atom. The third kappa shape index (κ3) is 3.69. The maximum atomic E-state index is 12.0. The van der Waals surface area contributed by atoms with Crippen LogP contribution in [0, 0.1) is 21.4 Å². The van der Waals surface area contributed by atoms with Gasteiger partial charge in [0.25, 0.3) is 5.69 Å². The second-order valence-electron chi connectivity index (χ2n) is 5.14. The van der Waals surface area contributed by atoms with Gasteiger partial charge in [-0.2, -0.15) is 5.26 Å². The maximum absolute atomic E-state index is 12.0. The fraction of sp³-hybridized carbons (Fsp3) is 0.429. The standard InChI is InChI=1S/C14H16N4O3/c15-10-14(8-2-1-3-9-14)17-13(19)16-11-4-6-12(7-5-11)18(20)21/h4-7H,1-3,8-9H2,(H2,16,17,19). The predicted molar refractivity (Wildman–Crippen MR) is 76.7 cm³/mol. The van der Waals surface area contributed by atoms with Gasteiger partial charge in [0, 0.05) is 17.8 Å². The molecule has 2 N–H and O–H groups in total. The van der Waals surface area contributed by atoms with E-state index in [0.29, 0.717) is 18.5 Å². The number of non-ortho nitro benzene ring substituents is 1. The van der Waals surface area contributed by atoms with Gasteiger partial charge in [0.1, 0.15) is 5.54 Å². The summed E-state index contributed by atoms with van der Waals surface area (Å²) < 4.78 is 0. The number of nitrogens with zero attached hydrogens (tertiary/aromatic N) is 2. The molecule has 21 heavy (non-hydrogen) atoms. The van der Waals surface area contributed by atoms with Crippen molar-refractivity contribution in [1.82, 2.24) is 5.32 Å². The molecule has 1 aliphatic carbocycles. The molecule has 0 aliphatic heterocycles. The molecule has 2 amide bonds. The van der Waals surface area contributed by atoms with Crippen LogP contribution in [0.1, 0.15) is 32.1 Å². The zero-order chi connectivity index (χ0) is 15.3. The minimum Gasteiger partial charge on any atom is -0.319 e. The molecule has 0 unspecified atom stereocenters. The van der Waals surface area contributed by atoms with Crippen molar-refractivity contribution < 1.29 is 9.72 Å². The van der Waals surface area contributed by atoms with Gasteiger partial charge < -0.3 is 10.6 Å². The second kappa shape index (κ2) is 6.22. The van der Waals surface area contributed by atoms with Gasteiger partial charge in [0.05, 0.1) is 11.0 Å². The molecule has 1 aliphatic rings. The topological polar surface area (TPSA) is 108 Å². The normalized spacial score (nSPS) is 16.5. The SMILES string of the molecule is N#CC1(NC(=O)Nc2ccc([N+](=O)[O-])cc2)CCCCC1. The molecular weight excluding hydrogens is 272 g/mol. The molecule has 7 heteroatoms. The number of urea groups is 1. The first-order valence-electron chi connectivity index (χ1n) is 6.79. The van der Waals surface area contributed by atoms with Crippen LogP contribution in [-0.4, -0.2) is 16.5 Å². The summed E-state index contributed by atoms with van der Waals surface area (Å²) in [6.07, 6.45) is 4.22. The van der Waals surface area contributed by atoms with Crippen LogP contribution in [0.3, 0.4) is 0 Å². The van der Waals surface area contributed by atoms with Gasteiger partial charge in [-0.25, -0.2) is 4.79 Å². The van der Waals surface area contributed by atoms with E-state index in [1.807, 2.05) is 0 Å². The van der Waals surface area contributed by atoms with E-state index < -0.39 is 16.5 Å². The smallest absolute Gasteiger partial charge is 0.319 e. The summed E-state index contributed by atoms with van der Waals surface area (Å²) >= 11 is 0. The first-order valence-corrected chi connectivity index (χ1v) is 6.79. The molecule has 1 fully saturated rings. The second-order valence-corrected chi connectivity index (χ2v) is 5.14. The largest absolute Gasteiger partial charge is 0.320 e. The lowest BCUT2D eigenvalue weighted by molar-refractivity contribution is -0.384. The number of nitro groups is 1. The molecule has 0 radical (unpaired) electrons. The molecular formula is C14H16N4O3. The quantitative estimate of drug-likeness (QED) is 0.658. The van der Waals surface area contributed by atoms with Gasteiger partial charge in [-0.3, -0.25) is 10.1 Å². The van der Waals surface area contributed by atoms with Crippen molar-refractivity contribution in [1.29, 1.82) is 5.26 Å². The number of rotatable bonds is 3. The van der Waals surface area contributed by atoms with E-state index in [4.69, 9.17) is 0 Å². The summed E-state index contributed by atoms with van der Waals surface area (Å²) in [6.45, 7) is 0. The monoisotopic (exact) mass is 288 g/mol. The molecule has 0 aromatic heterocycles. The molecule has 0 bridgehead atoms. The minimum absolute atomic E-state index is 0.0401. The van der Waals surface area contributed by atoms with Gasteiger partial charge in [0.2, 0.25) is 0 Å². The summed E-state index contributed by atoms with van der Waals surface area (Å²) in [4.78, 5) is 22.0. The van der Waals surface area contributed by atoms with Crippen LogP contribution in [0.4, 0.5) is 16.2 Å². The highest BCUT2D eigenvalue weighted by atomic mass is 16.6. The van der Waals surface area contributed by atoms with Gasteiger partial charge >= 0.3 is 6.03 Å². The summed E-state index contributed by atoms with van der Waals surface area (Å²) in [5, 5.41) is 25.1. The van der Waals surface area contributed by atoms with Crippen molar-refractivity contribution >= 4 is 17.4 Å². The van der Waals surface area contributed by atoms with Gasteiger partial charge in [-0.15, -0.1) is 0 Å². The van der Waals surface area contributed by atoms with Crippen molar-refractivity contribution in [3.05, 3.63) is 34.4 Å². The summed E-state index contributed by atoms with van der Waals surface area (Å²) in [6, 6.07) is 7.27. The van der Waals surface area contributed by atoms with Gasteiger partial charge in [-0.05, 0) is 25.0 Å². The van der Waals surface area contributed by atoms with Crippen LogP contribution >= 0.6 is 0 Å². The molecule has 1 saturated carbocycles. The molecule has 1 aromatic rings. The number of nitrogens with one attached hydrogen (secondary N) is 2. The zero-order valence-electron chi connectivity index (χ0n) is 11.5. The Bertz CT molecular complexity index is 571. The number of hydrogen-bond acceptors (Lipinski definition) is 4. The number of nitriles is 1. The van der Waals surface area contributed by atoms with E-state index >= 15 is 0 Å². The predicted octanol–water partition coefficient (Wildman–Crippen LogP) is 2.94. The summed E-state index contributed by atoms with van der Waals surface area (Å²) in [5.41, 5.74) is -0.396. The number of benzene rings is 1. The maximum Gasteiger partial charge on any atom is 0.320 e. The highest BCUT2D eigenvalue weighted by molar-refractivity contribution is 5.90. The van der Waals surface area contributed by atoms with E-state index in [1.165, 1.54) is 24.3 Å². The third-order valence-electron chi connectivity index (χ3n) is 3.61. The third-order valence-corrected chi connectivity index (χ3v) is 3.61. The Labute approximate surface area is 122 Å². The number of amides is 2. The Balaban J connectivity index is 1.98. The Hall–Kier alpha value is -2.62. The Morgan fingerprint density at radius 3 is 2.38 bits per heavy atom. The average molecular weight is 288 g/mol. The Morgan fingerprint density at radius 1 is 1.24 bits per heavy atom. The molecule has 110 valence electrons. The lowest BCUT2D eigenvalue weighted by atomic mass is 9.83. The summed E-state index contributed by atoms with van der Waals surface area (Å²) in [5.74, 6) is 0. The lowest BCUT2D eigenvalue weighted by Crippen LogP contribution is -2.50. The van der Waals surface area contributed by atoms with Crippen molar-refractivity contribution in [2.75, 3.05) is 5.32 Å². The summed E-state index contributed by atoms with van der Waals surface area (Å²) in [7, 11) is 0.